The number of rotatable bonds is 1. The Bertz CT molecular complexity index is 476. The van der Waals surface area contributed by atoms with Gasteiger partial charge in [0.05, 0.1) is 11.2 Å². The van der Waals surface area contributed by atoms with Crippen molar-refractivity contribution < 1.29 is 4.74 Å². The molecule has 2 fully saturated rings. The van der Waals surface area contributed by atoms with E-state index in [2.05, 4.69) is 53.3 Å². The van der Waals surface area contributed by atoms with Crippen LogP contribution in [0.5, 0.6) is 0 Å². The molecule has 0 aromatic heterocycles. The zero-order valence-electron chi connectivity index (χ0n) is 14.5. The second-order valence-electron chi connectivity index (χ2n) is 9.08. The molecule has 0 aromatic rings. The third kappa shape index (κ3) is 2.15. The Labute approximate surface area is 130 Å². The Balaban J connectivity index is 2.02. The van der Waals surface area contributed by atoms with E-state index in [1.165, 1.54) is 25.7 Å². The molecule has 5 unspecified atom stereocenters. The second-order valence-corrected chi connectivity index (χ2v) is 9.08. The molecular weight excluding hydrogens is 256 g/mol. The van der Waals surface area contributed by atoms with Crippen LogP contribution in [0.2, 0.25) is 0 Å². The van der Waals surface area contributed by atoms with Gasteiger partial charge in [-0.2, -0.15) is 0 Å². The summed E-state index contributed by atoms with van der Waals surface area (Å²) in [6.07, 6.45) is 13.3. The Morgan fingerprint density at radius 2 is 1.81 bits per heavy atom. The lowest BCUT2D eigenvalue weighted by Crippen LogP contribution is -2.60. The van der Waals surface area contributed by atoms with Crippen molar-refractivity contribution in [1.29, 1.82) is 0 Å². The van der Waals surface area contributed by atoms with Crippen LogP contribution in [-0.4, -0.2) is 11.2 Å². The highest BCUT2D eigenvalue weighted by Crippen LogP contribution is 2.63. The molecule has 2 aliphatic carbocycles. The second kappa shape index (κ2) is 4.47. The molecule has 3 rings (SSSR count). The SMILES string of the molecule is C=CC1(C)CCC2C(C)(C=CC3C(C)(C)CCCC32C)O1. The molecule has 0 radical (unpaired) electrons. The highest BCUT2D eigenvalue weighted by Gasteiger charge is 2.59. The average molecular weight is 288 g/mol. The van der Waals surface area contributed by atoms with E-state index in [9.17, 15) is 0 Å². The first-order valence-electron chi connectivity index (χ1n) is 8.68. The molecule has 1 heteroatoms. The maximum atomic E-state index is 6.59. The van der Waals surface area contributed by atoms with E-state index in [0.717, 1.165) is 6.42 Å². The van der Waals surface area contributed by atoms with Crippen LogP contribution >= 0.6 is 0 Å². The van der Waals surface area contributed by atoms with Gasteiger partial charge in [-0.3, -0.25) is 0 Å². The van der Waals surface area contributed by atoms with E-state index in [4.69, 9.17) is 4.74 Å². The molecule has 1 heterocycles. The molecule has 0 spiro atoms. The van der Waals surface area contributed by atoms with Gasteiger partial charge in [-0.1, -0.05) is 45.4 Å². The van der Waals surface area contributed by atoms with Gasteiger partial charge in [0, 0.05) is 0 Å². The molecule has 0 amide bonds. The molecule has 0 bridgehead atoms. The van der Waals surface area contributed by atoms with E-state index in [1.807, 2.05) is 6.08 Å². The van der Waals surface area contributed by atoms with Gasteiger partial charge in [0.2, 0.25) is 0 Å². The van der Waals surface area contributed by atoms with E-state index in [-0.39, 0.29) is 11.2 Å². The predicted octanol–water partition coefficient (Wildman–Crippen LogP) is 5.52. The van der Waals surface area contributed by atoms with Crippen LogP contribution in [0.25, 0.3) is 0 Å². The van der Waals surface area contributed by atoms with Crippen molar-refractivity contribution in [3.05, 3.63) is 24.8 Å². The van der Waals surface area contributed by atoms with Crippen molar-refractivity contribution in [2.45, 2.75) is 77.9 Å². The molecule has 1 nitrogen and oxygen atoms in total. The van der Waals surface area contributed by atoms with Crippen molar-refractivity contribution in [3.63, 3.8) is 0 Å². The summed E-state index contributed by atoms with van der Waals surface area (Å²) in [6, 6.07) is 0. The fraction of sp³-hybridized carbons (Fsp3) is 0.800. The Morgan fingerprint density at radius 1 is 1.10 bits per heavy atom. The number of fused-ring (bicyclic) bond motifs is 3. The van der Waals surface area contributed by atoms with Gasteiger partial charge in [0.1, 0.15) is 0 Å². The standard InChI is InChI=1S/C20H32O/c1-7-18(4)13-9-16-19(5)12-8-11-17(2,3)15(19)10-14-20(16,6)21-18/h7,10,14-16H,1,8-9,11-13H2,2-6H3. The van der Waals surface area contributed by atoms with E-state index >= 15 is 0 Å². The van der Waals surface area contributed by atoms with Crippen molar-refractivity contribution in [1.82, 2.24) is 0 Å². The van der Waals surface area contributed by atoms with Crippen molar-refractivity contribution in [3.8, 4) is 0 Å². The summed E-state index contributed by atoms with van der Waals surface area (Å²) in [4.78, 5) is 0. The van der Waals surface area contributed by atoms with Crippen LogP contribution in [0.3, 0.4) is 0 Å². The summed E-state index contributed by atoms with van der Waals surface area (Å²) < 4.78 is 6.59. The summed E-state index contributed by atoms with van der Waals surface area (Å²) in [7, 11) is 0. The number of allylic oxidation sites excluding steroid dienone is 1. The molecule has 1 saturated heterocycles. The molecule has 0 aromatic carbocycles. The van der Waals surface area contributed by atoms with Gasteiger partial charge in [-0.15, -0.1) is 6.58 Å². The van der Waals surface area contributed by atoms with Gasteiger partial charge in [0.15, 0.2) is 0 Å². The van der Waals surface area contributed by atoms with Crippen LogP contribution in [-0.2, 0) is 4.74 Å². The summed E-state index contributed by atoms with van der Waals surface area (Å²) in [6.45, 7) is 15.9. The van der Waals surface area contributed by atoms with Crippen LogP contribution in [0.4, 0.5) is 0 Å². The van der Waals surface area contributed by atoms with Crippen molar-refractivity contribution >= 4 is 0 Å². The van der Waals surface area contributed by atoms with Gasteiger partial charge in [0.25, 0.3) is 0 Å². The number of hydrogen-bond donors (Lipinski definition) is 0. The fourth-order valence-electron chi connectivity index (χ4n) is 5.91. The molecule has 118 valence electrons. The molecule has 0 N–H and O–H groups in total. The lowest BCUT2D eigenvalue weighted by Gasteiger charge is -2.62. The Kier molecular flexibility index (Phi) is 3.27. The fourth-order valence-corrected chi connectivity index (χ4v) is 5.91. The van der Waals surface area contributed by atoms with E-state index in [1.54, 1.807) is 0 Å². The highest BCUT2D eigenvalue weighted by atomic mass is 16.5. The minimum atomic E-state index is -0.164. The highest BCUT2D eigenvalue weighted by molar-refractivity contribution is 5.23. The van der Waals surface area contributed by atoms with Gasteiger partial charge >= 0.3 is 0 Å². The largest absolute Gasteiger partial charge is 0.361 e. The summed E-state index contributed by atoms with van der Waals surface area (Å²) in [5, 5.41) is 0. The smallest absolute Gasteiger partial charge is 0.0879 e. The first-order chi connectivity index (χ1) is 9.65. The molecular formula is C20H32O. The first-order valence-corrected chi connectivity index (χ1v) is 8.68. The topological polar surface area (TPSA) is 9.23 Å². The monoisotopic (exact) mass is 288 g/mol. The van der Waals surface area contributed by atoms with Crippen LogP contribution in [0.1, 0.15) is 66.7 Å². The Morgan fingerprint density at radius 3 is 2.48 bits per heavy atom. The molecule has 1 saturated carbocycles. The zero-order chi connectivity index (χ0) is 15.5. The van der Waals surface area contributed by atoms with E-state index < -0.39 is 0 Å². The molecule has 21 heavy (non-hydrogen) atoms. The van der Waals surface area contributed by atoms with Crippen LogP contribution in [0, 0.1) is 22.7 Å². The third-order valence-corrected chi connectivity index (χ3v) is 7.01. The van der Waals surface area contributed by atoms with Crippen molar-refractivity contribution in [2.24, 2.45) is 22.7 Å². The molecule has 3 aliphatic rings. The number of ether oxygens (including phenoxy) is 1. The van der Waals surface area contributed by atoms with Crippen molar-refractivity contribution in [2.75, 3.05) is 0 Å². The average Bonchev–Trinajstić information content (AvgIpc) is 2.36. The summed E-state index contributed by atoms with van der Waals surface area (Å²) in [5.74, 6) is 1.32. The normalized spacial score (nSPS) is 51.9. The maximum Gasteiger partial charge on any atom is 0.0879 e. The van der Waals surface area contributed by atoms with Crippen LogP contribution in [0.15, 0.2) is 24.8 Å². The lowest BCUT2D eigenvalue weighted by molar-refractivity contribution is -0.206. The predicted molar refractivity (Wildman–Crippen MR) is 89.2 cm³/mol. The maximum absolute atomic E-state index is 6.59. The summed E-state index contributed by atoms with van der Waals surface area (Å²) >= 11 is 0. The zero-order valence-corrected chi connectivity index (χ0v) is 14.5. The van der Waals surface area contributed by atoms with Gasteiger partial charge in [-0.05, 0) is 62.2 Å². The minimum absolute atomic E-state index is 0.125. The first kappa shape index (κ1) is 15.3. The lowest BCUT2D eigenvalue weighted by atomic mass is 9.46. The number of hydrogen-bond acceptors (Lipinski definition) is 1. The molecule has 1 aliphatic heterocycles. The van der Waals surface area contributed by atoms with E-state index in [0.29, 0.717) is 22.7 Å². The Hall–Kier alpha value is -0.560. The van der Waals surface area contributed by atoms with Gasteiger partial charge < -0.3 is 4.74 Å². The summed E-state index contributed by atoms with van der Waals surface area (Å²) in [5.41, 5.74) is 0.514. The molecule has 5 atom stereocenters. The third-order valence-electron chi connectivity index (χ3n) is 7.01. The van der Waals surface area contributed by atoms with Crippen LogP contribution < -0.4 is 0 Å². The minimum Gasteiger partial charge on any atom is -0.361 e. The quantitative estimate of drug-likeness (QED) is 0.577. The van der Waals surface area contributed by atoms with Gasteiger partial charge in [-0.25, -0.2) is 0 Å².